The maximum absolute atomic E-state index is 13.2. The fraction of sp³-hybridized carbons (Fsp3) is 0.429. The molecule has 120 valence electrons. The molecule has 2 rings (SSSR count). The number of halogens is 3. The largest absolute Gasteiger partial charge is 0.417 e. The number of amides is 1. The lowest BCUT2D eigenvalue weighted by Crippen LogP contribution is -2.30. The number of carbonyl (C=O) groups is 1. The summed E-state index contributed by atoms with van der Waals surface area (Å²) in [5.41, 5.74) is 5.11. The van der Waals surface area contributed by atoms with Crippen LogP contribution in [0.25, 0.3) is 10.2 Å². The summed E-state index contributed by atoms with van der Waals surface area (Å²) in [6, 6.07) is 0.955. The third kappa shape index (κ3) is 2.75. The Morgan fingerprint density at radius 3 is 2.45 bits per heavy atom. The van der Waals surface area contributed by atoms with Crippen molar-refractivity contribution in [1.82, 2.24) is 9.88 Å². The van der Waals surface area contributed by atoms with Gasteiger partial charge in [0.05, 0.1) is 11.3 Å². The SMILES string of the molecule is CCN(CC)C(=O)c1sc2nc(C)cc(C(F)(F)F)c2c1N. The smallest absolute Gasteiger partial charge is 0.397 e. The van der Waals surface area contributed by atoms with Gasteiger partial charge in [-0.3, -0.25) is 4.79 Å². The molecule has 8 heteroatoms. The van der Waals surface area contributed by atoms with Crippen LogP contribution in [0.1, 0.15) is 34.8 Å². The fourth-order valence-electron chi connectivity index (χ4n) is 2.28. The van der Waals surface area contributed by atoms with Crippen molar-refractivity contribution in [2.45, 2.75) is 26.9 Å². The summed E-state index contributed by atoms with van der Waals surface area (Å²) in [6.45, 7) is 6.00. The van der Waals surface area contributed by atoms with Gasteiger partial charge in [0.1, 0.15) is 9.71 Å². The first-order valence-electron chi connectivity index (χ1n) is 6.76. The van der Waals surface area contributed by atoms with Crippen molar-refractivity contribution in [3.63, 3.8) is 0 Å². The molecule has 4 nitrogen and oxygen atoms in total. The van der Waals surface area contributed by atoms with Gasteiger partial charge in [0, 0.05) is 24.2 Å². The Labute approximate surface area is 129 Å². The van der Waals surface area contributed by atoms with E-state index in [1.54, 1.807) is 13.8 Å². The van der Waals surface area contributed by atoms with Crippen LogP contribution in [0.5, 0.6) is 0 Å². The van der Waals surface area contributed by atoms with Crippen LogP contribution < -0.4 is 5.73 Å². The van der Waals surface area contributed by atoms with Crippen LogP contribution in [0.3, 0.4) is 0 Å². The summed E-state index contributed by atoms with van der Waals surface area (Å²) < 4.78 is 39.6. The zero-order valence-corrected chi connectivity index (χ0v) is 13.2. The van der Waals surface area contributed by atoms with Gasteiger partial charge in [0.15, 0.2) is 0 Å². The number of anilines is 1. The van der Waals surface area contributed by atoms with Crippen LogP contribution in [-0.4, -0.2) is 28.9 Å². The molecule has 0 radical (unpaired) electrons. The van der Waals surface area contributed by atoms with Gasteiger partial charge in [-0.25, -0.2) is 4.98 Å². The number of carbonyl (C=O) groups excluding carboxylic acids is 1. The Bertz CT molecular complexity index is 720. The standard InChI is InChI=1S/C14H16F3N3OS/c1-4-20(5-2)13(21)11-10(18)9-8(14(15,16)17)6-7(3)19-12(9)22-11/h6H,4-5,18H2,1-3H3. The third-order valence-electron chi connectivity index (χ3n) is 3.38. The van der Waals surface area contributed by atoms with E-state index >= 15 is 0 Å². The molecule has 1 amide bonds. The number of nitrogens with two attached hydrogens (primary N) is 1. The Hall–Kier alpha value is -1.83. The van der Waals surface area contributed by atoms with E-state index in [1.165, 1.54) is 11.8 Å². The second-order valence-corrected chi connectivity index (χ2v) is 5.81. The van der Waals surface area contributed by atoms with Crippen molar-refractivity contribution < 1.29 is 18.0 Å². The molecule has 0 spiro atoms. The Morgan fingerprint density at radius 1 is 1.36 bits per heavy atom. The highest BCUT2D eigenvalue weighted by atomic mass is 32.1. The molecule has 2 aromatic rings. The molecule has 0 aliphatic carbocycles. The molecule has 0 saturated heterocycles. The van der Waals surface area contributed by atoms with Gasteiger partial charge < -0.3 is 10.6 Å². The summed E-state index contributed by atoms with van der Waals surface area (Å²) in [4.78, 5) is 18.3. The summed E-state index contributed by atoms with van der Waals surface area (Å²) in [5, 5.41) is -0.182. The summed E-state index contributed by atoms with van der Waals surface area (Å²) in [6.07, 6.45) is -4.54. The zero-order valence-electron chi connectivity index (χ0n) is 12.4. The van der Waals surface area contributed by atoms with Crippen LogP contribution in [0.4, 0.5) is 18.9 Å². The van der Waals surface area contributed by atoms with Gasteiger partial charge >= 0.3 is 6.18 Å². The first kappa shape index (κ1) is 16.5. The molecule has 2 aromatic heterocycles. The maximum atomic E-state index is 13.2. The molecule has 0 bridgehead atoms. The van der Waals surface area contributed by atoms with Crippen molar-refractivity contribution in [3.8, 4) is 0 Å². The van der Waals surface area contributed by atoms with E-state index in [1.807, 2.05) is 0 Å². The van der Waals surface area contributed by atoms with Gasteiger partial charge in [0.25, 0.3) is 5.91 Å². The summed E-state index contributed by atoms with van der Waals surface area (Å²) in [5.74, 6) is -0.365. The normalized spacial score (nSPS) is 11.9. The average Bonchev–Trinajstić information content (AvgIpc) is 2.75. The van der Waals surface area contributed by atoms with Gasteiger partial charge in [-0.1, -0.05) is 0 Å². The van der Waals surface area contributed by atoms with Gasteiger partial charge in [-0.2, -0.15) is 13.2 Å². The fourth-order valence-corrected chi connectivity index (χ4v) is 3.41. The molecular weight excluding hydrogens is 315 g/mol. The number of hydrogen-bond acceptors (Lipinski definition) is 4. The number of nitrogens with zero attached hydrogens (tertiary/aromatic N) is 2. The second-order valence-electron chi connectivity index (χ2n) is 4.81. The van der Waals surface area contributed by atoms with E-state index in [0.29, 0.717) is 13.1 Å². The predicted octanol–water partition coefficient (Wildman–Crippen LogP) is 3.69. The van der Waals surface area contributed by atoms with E-state index in [2.05, 4.69) is 4.98 Å². The average molecular weight is 331 g/mol. The predicted molar refractivity (Wildman–Crippen MR) is 81.0 cm³/mol. The quantitative estimate of drug-likeness (QED) is 0.933. The van der Waals surface area contributed by atoms with Gasteiger partial charge in [-0.05, 0) is 26.8 Å². The van der Waals surface area contributed by atoms with Crippen LogP contribution in [-0.2, 0) is 6.18 Å². The highest BCUT2D eigenvalue weighted by Gasteiger charge is 2.36. The second kappa shape index (κ2) is 5.75. The number of pyridine rings is 1. The van der Waals surface area contributed by atoms with Crippen molar-refractivity contribution >= 4 is 33.1 Å². The lowest BCUT2D eigenvalue weighted by molar-refractivity contribution is -0.136. The first-order chi connectivity index (χ1) is 10.2. The summed E-state index contributed by atoms with van der Waals surface area (Å²) >= 11 is 0.908. The number of aryl methyl sites for hydroxylation is 1. The lowest BCUT2D eigenvalue weighted by atomic mass is 10.1. The summed E-state index contributed by atoms with van der Waals surface area (Å²) in [7, 11) is 0. The van der Waals surface area contributed by atoms with E-state index < -0.39 is 11.7 Å². The highest BCUT2D eigenvalue weighted by Crippen LogP contribution is 2.42. The minimum Gasteiger partial charge on any atom is -0.397 e. The van der Waals surface area contributed by atoms with E-state index in [9.17, 15) is 18.0 Å². The van der Waals surface area contributed by atoms with Crippen LogP contribution in [0.2, 0.25) is 0 Å². The Morgan fingerprint density at radius 2 is 1.95 bits per heavy atom. The van der Waals surface area contributed by atoms with E-state index in [4.69, 9.17) is 5.73 Å². The number of aromatic nitrogens is 1. The van der Waals surface area contributed by atoms with Crippen LogP contribution >= 0.6 is 11.3 Å². The molecule has 0 aromatic carbocycles. The molecule has 2 heterocycles. The number of alkyl halides is 3. The van der Waals surface area contributed by atoms with Crippen molar-refractivity contribution in [1.29, 1.82) is 0 Å². The minimum absolute atomic E-state index is 0.113. The Kier molecular flexibility index (Phi) is 4.32. The Balaban J connectivity index is 2.71. The lowest BCUT2D eigenvalue weighted by Gasteiger charge is -2.17. The molecule has 0 unspecified atom stereocenters. The molecule has 0 saturated carbocycles. The van der Waals surface area contributed by atoms with Gasteiger partial charge in [0.2, 0.25) is 0 Å². The molecule has 0 aliphatic heterocycles. The minimum atomic E-state index is -4.54. The van der Waals surface area contributed by atoms with E-state index in [0.717, 1.165) is 17.4 Å². The number of nitrogen functional groups attached to an aromatic ring is 1. The molecule has 2 N–H and O–H groups in total. The first-order valence-corrected chi connectivity index (χ1v) is 7.58. The monoisotopic (exact) mass is 331 g/mol. The zero-order chi connectivity index (χ0) is 16.7. The van der Waals surface area contributed by atoms with Crippen molar-refractivity contribution in [2.75, 3.05) is 18.8 Å². The van der Waals surface area contributed by atoms with Crippen LogP contribution in [0.15, 0.2) is 6.07 Å². The molecule has 22 heavy (non-hydrogen) atoms. The molecule has 0 fully saturated rings. The van der Waals surface area contributed by atoms with Crippen LogP contribution in [0, 0.1) is 6.92 Å². The van der Waals surface area contributed by atoms with Crippen molar-refractivity contribution in [3.05, 3.63) is 22.2 Å². The topological polar surface area (TPSA) is 59.2 Å². The number of rotatable bonds is 3. The highest BCUT2D eigenvalue weighted by molar-refractivity contribution is 7.21. The molecular formula is C14H16F3N3OS. The number of hydrogen-bond donors (Lipinski definition) is 1. The van der Waals surface area contributed by atoms with Gasteiger partial charge in [-0.15, -0.1) is 11.3 Å². The number of fused-ring (bicyclic) bond motifs is 1. The number of thiophene rings is 1. The molecule has 0 atom stereocenters. The maximum Gasteiger partial charge on any atom is 0.417 e. The van der Waals surface area contributed by atoms with Crippen molar-refractivity contribution in [2.24, 2.45) is 0 Å². The molecule has 0 aliphatic rings. The van der Waals surface area contributed by atoms with E-state index in [-0.39, 0.29) is 32.4 Å². The third-order valence-corrected chi connectivity index (χ3v) is 4.46.